The number of pyridine rings is 1. The second-order valence-electron chi connectivity index (χ2n) is 3.96. The minimum Gasteiger partial charge on any atom is -0.475 e. The van der Waals surface area contributed by atoms with Crippen molar-refractivity contribution >= 4 is 11.6 Å². The average Bonchev–Trinajstić information content (AvgIpc) is 2.30. The van der Waals surface area contributed by atoms with E-state index in [-0.39, 0.29) is 18.4 Å². The first-order valence-electron chi connectivity index (χ1n) is 5.75. The zero-order valence-electron chi connectivity index (χ0n) is 10.7. The van der Waals surface area contributed by atoms with Crippen molar-refractivity contribution in [2.24, 2.45) is 5.73 Å². The van der Waals surface area contributed by atoms with E-state index in [9.17, 15) is 4.79 Å². The number of carbonyl (C=O) groups is 1. The number of nitrogens with zero attached hydrogens (tertiary/aromatic N) is 1. The lowest BCUT2D eigenvalue weighted by Gasteiger charge is -2.08. The van der Waals surface area contributed by atoms with Crippen molar-refractivity contribution in [3.8, 4) is 5.88 Å². The maximum atomic E-state index is 11.5. The normalized spacial score (nSPS) is 11.9. The van der Waals surface area contributed by atoms with Gasteiger partial charge in [0.2, 0.25) is 11.8 Å². The van der Waals surface area contributed by atoms with Gasteiger partial charge < -0.3 is 20.5 Å². The summed E-state index contributed by atoms with van der Waals surface area (Å²) in [6.07, 6.45) is 1.83. The number of hydrogen-bond acceptors (Lipinski definition) is 5. The fourth-order valence-electron chi connectivity index (χ4n) is 1.27. The summed E-state index contributed by atoms with van der Waals surface area (Å²) in [4.78, 5) is 15.5. The summed E-state index contributed by atoms with van der Waals surface area (Å²) >= 11 is 0. The highest BCUT2D eigenvalue weighted by Crippen LogP contribution is 2.11. The van der Waals surface area contributed by atoms with Gasteiger partial charge in [0, 0.05) is 25.6 Å². The monoisotopic (exact) mass is 253 g/mol. The Balaban J connectivity index is 2.42. The molecular weight excluding hydrogens is 234 g/mol. The first-order valence-corrected chi connectivity index (χ1v) is 5.75. The van der Waals surface area contributed by atoms with E-state index in [1.165, 1.54) is 0 Å². The predicted molar refractivity (Wildman–Crippen MR) is 68.5 cm³/mol. The number of amides is 1. The summed E-state index contributed by atoms with van der Waals surface area (Å²) in [5.74, 6) is 0.372. The molecule has 6 nitrogen and oxygen atoms in total. The highest BCUT2D eigenvalue weighted by molar-refractivity contribution is 5.90. The second kappa shape index (κ2) is 7.62. The first-order chi connectivity index (χ1) is 8.61. The van der Waals surface area contributed by atoms with E-state index >= 15 is 0 Å². The quantitative estimate of drug-likeness (QED) is 0.701. The van der Waals surface area contributed by atoms with Gasteiger partial charge in [-0.2, -0.15) is 0 Å². The summed E-state index contributed by atoms with van der Waals surface area (Å²) in [6.45, 7) is 2.74. The van der Waals surface area contributed by atoms with Crippen LogP contribution in [0.3, 0.4) is 0 Å². The molecular formula is C12H19N3O3. The van der Waals surface area contributed by atoms with Crippen LogP contribution in [-0.2, 0) is 9.53 Å². The number of methoxy groups -OCH3 is 1. The zero-order chi connectivity index (χ0) is 13.4. The lowest BCUT2D eigenvalue weighted by molar-refractivity contribution is -0.116. The van der Waals surface area contributed by atoms with Gasteiger partial charge in [-0.3, -0.25) is 4.79 Å². The Kier molecular flexibility index (Phi) is 6.10. The number of rotatable bonds is 7. The molecule has 6 heteroatoms. The predicted octanol–water partition coefficient (Wildman–Crippen LogP) is 0.783. The highest BCUT2D eigenvalue weighted by Gasteiger charge is 2.05. The number of nitrogens with one attached hydrogen (secondary N) is 1. The summed E-state index contributed by atoms with van der Waals surface area (Å²) in [5.41, 5.74) is 6.16. The van der Waals surface area contributed by atoms with E-state index in [2.05, 4.69) is 10.3 Å². The van der Waals surface area contributed by atoms with Crippen LogP contribution in [0.25, 0.3) is 0 Å². The molecule has 1 rings (SSSR count). The van der Waals surface area contributed by atoms with Gasteiger partial charge in [0.25, 0.3) is 0 Å². The standard InChI is InChI=1S/C12H19N3O3/c1-9(13)7-11(16)15-10-3-4-12(14-8-10)18-6-5-17-2/h3-4,8-9H,5-7,13H2,1-2H3,(H,15,16). The molecule has 0 aliphatic heterocycles. The van der Waals surface area contributed by atoms with Crippen LogP contribution < -0.4 is 15.8 Å². The Bertz CT molecular complexity index is 365. The minimum atomic E-state index is -0.158. The molecule has 1 heterocycles. The van der Waals surface area contributed by atoms with Crippen LogP contribution in [-0.4, -0.2) is 37.3 Å². The highest BCUT2D eigenvalue weighted by atomic mass is 16.5. The summed E-state index contributed by atoms with van der Waals surface area (Å²) in [5, 5.41) is 2.71. The Labute approximate surface area is 106 Å². The number of nitrogens with two attached hydrogens (primary N) is 1. The number of ether oxygens (including phenoxy) is 2. The number of hydrogen-bond donors (Lipinski definition) is 2. The third kappa shape index (κ3) is 5.60. The maximum Gasteiger partial charge on any atom is 0.225 e. The van der Waals surface area contributed by atoms with Crippen LogP contribution in [0.5, 0.6) is 5.88 Å². The van der Waals surface area contributed by atoms with Crippen LogP contribution in [0.1, 0.15) is 13.3 Å². The largest absolute Gasteiger partial charge is 0.475 e. The molecule has 100 valence electrons. The molecule has 1 unspecified atom stereocenters. The van der Waals surface area contributed by atoms with Gasteiger partial charge in [-0.15, -0.1) is 0 Å². The molecule has 1 aromatic heterocycles. The molecule has 1 atom stereocenters. The number of anilines is 1. The SMILES string of the molecule is COCCOc1ccc(NC(=O)CC(C)N)cn1. The molecule has 0 radical (unpaired) electrons. The molecule has 3 N–H and O–H groups in total. The van der Waals surface area contributed by atoms with Gasteiger partial charge in [0.15, 0.2) is 0 Å². The summed E-state index contributed by atoms with van der Waals surface area (Å²) < 4.78 is 10.2. The zero-order valence-corrected chi connectivity index (χ0v) is 10.7. The average molecular weight is 253 g/mol. The van der Waals surface area contributed by atoms with Crippen molar-refractivity contribution in [1.29, 1.82) is 0 Å². The molecule has 0 aliphatic carbocycles. The molecule has 0 aromatic carbocycles. The summed E-state index contributed by atoms with van der Waals surface area (Å²) in [6, 6.07) is 3.26. The van der Waals surface area contributed by atoms with E-state index < -0.39 is 0 Å². The number of carbonyl (C=O) groups excluding carboxylic acids is 1. The molecule has 1 aromatic rings. The molecule has 1 amide bonds. The van der Waals surface area contributed by atoms with Crippen molar-refractivity contribution in [1.82, 2.24) is 4.98 Å². The van der Waals surface area contributed by atoms with E-state index in [0.29, 0.717) is 24.8 Å². The molecule has 0 bridgehead atoms. The van der Waals surface area contributed by atoms with Crippen LogP contribution in [0.4, 0.5) is 5.69 Å². The van der Waals surface area contributed by atoms with Crippen molar-refractivity contribution in [2.45, 2.75) is 19.4 Å². The van der Waals surface area contributed by atoms with Gasteiger partial charge in [0.1, 0.15) is 6.61 Å². The Hall–Kier alpha value is -1.66. The summed E-state index contributed by atoms with van der Waals surface area (Å²) in [7, 11) is 1.61. The van der Waals surface area contributed by atoms with Crippen LogP contribution in [0.2, 0.25) is 0 Å². The smallest absolute Gasteiger partial charge is 0.225 e. The first kappa shape index (κ1) is 14.4. The van der Waals surface area contributed by atoms with Crippen molar-refractivity contribution in [3.05, 3.63) is 18.3 Å². The third-order valence-corrected chi connectivity index (χ3v) is 2.06. The fourth-order valence-corrected chi connectivity index (χ4v) is 1.27. The van der Waals surface area contributed by atoms with Crippen molar-refractivity contribution in [2.75, 3.05) is 25.6 Å². The van der Waals surface area contributed by atoms with E-state index in [1.807, 2.05) is 0 Å². The molecule has 0 saturated carbocycles. The molecule has 0 spiro atoms. The fraction of sp³-hybridized carbons (Fsp3) is 0.500. The van der Waals surface area contributed by atoms with Gasteiger partial charge >= 0.3 is 0 Å². The van der Waals surface area contributed by atoms with Crippen LogP contribution >= 0.6 is 0 Å². The lowest BCUT2D eigenvalue weighted by Crippen LogP contribution is -2.24. The maximum absolute atomic E-state index is 11.5. The molecule has 0 fully saturated rings. The van der Waals surface area contributed by atoms with E-state index in [4.69, 9.17) is 15.2 Å². The molecule has 0 saturated heterocycles. The minimum absolute atomic E-state index is 0.125. The van der Waals surface area contributed by atoms with Crippen LogP contribution in [0, 0.1) is 0 Å². The Morgan fingerprint density at radius 3 is 2.83 bits per heavy atom. The topological polar surface area (TPSA) is 86.5 Å². The molecule has 18 heavy (non-hydrogen) atoms. The molecule has 0 aliphatic rings. The van der Waals surface area contributed by atoms with Gasteiger partial charge in [-0.05, 0) is 13.0 Å². The second-order valence-corrected chi connectivity index (χ2v) is 3.96. The van der Waals surface area contributed by atoms with Crippen LogP contribution in [0.15, 0.2) is 18.3 Å². The Morgan fingerprint density at radius 2 is 2.28 bits per heavy atom. The number of aromatic nitrogens is 1. The van der Waals surface area contributed by atoms with Crippen molar-refractivity contribution in [3.63, 3.8) is 0 Å². The lowest BCUT2D eigenvalue weighted by atomic mass is 10.2. The van der Waals surface area contributed by atoms with Crippen molar-refractivity contribution < 1.29 is 14.3 Å². The third-order valence-electron chi connectivity index (χ3n) is 2.06. The van der Waals surface area contributed by atoms with Gasteiger partial charge in [-0.1, -0.05) is 0 Å². The van der Waals surface area contributed by atoms with Gasteiger partial charge in [0.05, 0.1) is 18.5 Å². The Morgan fingerprint density at radius 1 is 1.50 bits per heavy atom. The van der Waals surface area contributed by atoms with E-state index in [1.54, 1.807) is 32.4 Å². The van der Waals surface area contributed by atoms with Gasteiger partial charge in [-0.25, -0.2) is 4.98 Å². The van der Waals surface area contributed by atoms with E-state index in [0.717, 1.165) is 0 Å².